The molecule has 0 unspecified atom stereocenters. The van der Waals surface area contributed by atoms with Gasteiger partial charge in [-0.1, -0.05) is 26.0 Å². The summed E-state index contributed by atoms with van der Waals surface area (Å²) in [6.07, 6.45) is 2.94. The van der Waals surface area contributed by atoms with Crippen LogP contribution in [0.5, 0.6) is 0 Å². The van der Waals surface area contributed by atoms with Gasteiger partial charge in [-0.15, -0.1) is 0 Å². The third kappa shape index (κ3) is 3.20. The van der Waals surface area contributed by atoms with Crippen LogP contribution in [-0.4, -0.2) is 6.21 Å². The first kappa shape index (κ1) is 11.4. The molecule has 0 radical (unpaired) electrons. The second-order valence-electron chi connectivity index (χ2n) is 3.57. The summed E-state index contributed by atoms with van der Waals surface area (Å²) in [5, 5.41) is 10.0. The van der Waals surface area contributed by atoms with Gasteiger partial charge in [0.1, 0.15) is 5.82 Å². The molecule has 2 nitrogen and oxygen atoms in total. The van der Waals surface area contributed by atoms with Crippen LogP contribution in [0.2, 0.25) is 0 Å². The first-order valence-corrected chi connectivity index (χ1v) is 4.86. The van der Waals surface area contributed by atoms with Crippen molar-refractivity contribution in [2.24, 2.45) is 5.92 Å². The van der Waals surface area contributed by atoms with Crippen LogP contribution in [0, 0.1) is 17.1 Å². The minimum Gasteiger partial charge on any atom is -0.359 e. The summed E-state index contributed by atoms with van der Waals surface area (Å²) < 4.78 is 13.2. The van der Waals surface area contributed by atoms with Crippen molar-refractivity contribution in [3.8, 4) is 0 Å². The lowest BCUT2D eigenvalue weighted by atomic mass is 10.1. The van der Waals surface area contributed by atoms with Gasteiger partial charge in [0.15, 0.2) is 0 Å². The van der Waals surface area contributed by atoms with Crippen molar-refractivity contribution in [3.05, 3.63) is 41.9 Å². The summed E-state index contributed by atoms with van der Waals surface area (Å²) in [6.45, 7) is 3.97. The van der Waals surface area contributed by atoms with E-state index in [-0.39, 0.29) is 11.7 Å². The van der Waals surface area contributed by atoms with E-state index in [2.05, 4.69) is 5.32 Å². The molecule has 80 valence electrons. The van der Waals surface area contributed by atoms with Crippen molar-refractivity contribution in [1.82, 2.24) is 0 Å². The molecule has 0 spiro atoms. The van der Waals surface area contributed by atoms with Crippen molar-refractivity contribution in [1.29, 1.82) is 5.41 Å². The molecular formula is C12H15FN2. The highest BCUT2D eigenvalue weighted by Gasteiger charge is 2.01. The van der Waals surface area contributed by atoms with E-state index in [1.165, 1.54) is 12.3 Å². The highest BCUT2D eigenvalue weighted by Crippen LogP contribution is 2.14. The van der Waals surface area contributed by atoms with Crippen LogP contribution in [-0.2, 0) is 0 Å². The fraction of sp³-hybridized carbons (Fsp3) is 0.250. The number of halogens is 1. The fourth-order valence-corrected chi connectivity index (χ4v) is 1.11. The number of nitrogens with one attached hydrogen (secondary N) is 2. The Bertz CT molecular complexity index is 370. The van der Waals surface area contributed by atoms with Gasteiger partial charge >= 0.3 is 0 Å². The predicted molar refractivity (Wildman–Crippen MR) is 61.7 cm³/mol. The van der Waals surface area contributed by atoms with E-state index in [9.17, 15) is 4.39 Å². The van der Waals surface area contributed by atoms with Gasteiger partial charge in [0.2, 0.25) is 0 Å². The molecule has 0 saturated carbocycles. The highest BCUT2D eigenvalue weighted by atomic mass is 19.1. The molecule has 0 aliphatic heterocycles. The van der Waals surface area contributed by atoms with Crippen LogP contribution < -0.4 is 5.32 Å². The monoisotopic (exact) mass is 206 g/mol. The zero-order valence-electron chi connectivity index (χ0n) is 8.92. The first-order chi connectivity index (χ1) is 7.15. The van der Waals surface area contributed by atoms with Gasteiger partial charge in [-0.25, -0.2) is 4.39 Å². The maximum atomic E-state index is 13.2. The van der Waals surface area contributed by atoms with Crippen molar-refractivity contribution >= 4 is 11.9 Å². The normalized spacial score (nSPS) is 11.6. The van der Waals surface area contributed by atoms with Gasteiger partial charge in [0.05, 0.1) is 5.69 Å². The van der Waals surface area contributed by atoms with Crippen LogP contribution in [0.1, 0.15) is 13.8 Å². The van der Waals surface area contributed by atoms with E-state index in [0.717, 1.165) is 5.57 Å². The Hall–Kier alpha value is -1.64. The van der Waals surface area contributed by atoms with Crippen LogP contribution in [0.15, 0.2) is 36.0 Å². The zero-order chi connectivity index (χ0) is 11.3. The summed E-state index contributed by atoms with van der Waals surface area (Å²) in [7, 11) is 0. The number of para-hydroxylation sites is 1. The SMILES string of the molecule is CC(C)/C(C=N)=C/Nc1ccccc1F. The largest absolute Gasteiger partial charge is 0.359 e. The Morgan fingerprint density at radius 3 is 2.60 bits per heavy atom. The third-order valence-electron chi connectivity index (χ3n) is 2.10. The summed E-state index contributed by atoms with van der Waals surface area (Å²) in [5.41, 5.74) is 1.26. The molecule has 0 atom stereocenters. The third-order valence-corrected chi connectivity index (χ3v) is 2.10. The molecular weight excluding hydrogens is 191 g/mol. The molecule has 1 aromatic rings. The minimum atomic E-state index is -0.290. The molecule has 0 aliphatic carbocycles. The molecule has 2 N–H and O–H groups in total. The predicted octanol–water partition coefficient (Wildman–Crippen LogP) is 3.43. The average Bonchev–Trinajstić information content (AvgIpc) is 2.21. The molecule has 15 heavy (non-hydrogen) atoms. The Balaban J connectivity index is 2.79. The first-order valence-electron chi connectivity index (χ1n) is 4.86. The molecule has 0 aromatic heterocycles. The molecule has 1 aromatic carbocycles. The summed E-state index contributed by atoms with van der Waals surface area (Å²) in [5.74, 6) is -0.0383. The Morgan fingerprint density at radius 1 is 1.40 bits per heavy atom. The maximum Gasteiger partial charge on any atom is 0.146 e. The second-order valence-corrected chi connectivity index (χ2v) is 3.57. The van der Waals surface area contributed by atoms with Gasteiger partial charge in [-0.2, -0.15) is 0 Å². The lowest BCUT2D eigenvalue weighted by molar-refractivity contribution is 0.631. The summed E-state index contributed by atoms with van der Waals surface area (Å²) in [4.78, 5) is 0. The Kier molecular flexibility index (Phi) is 4.03. The number of allylic oxidation sites excluding steroid dienone is 1. The van der Waals surface area contributed by atoms with Gasteiger partial charge in [0, 0.05) is 12.4 Å². The van der Waals surface area contributed by atoms with Crippen molar-refractivity contribution in [2.75, 3.05) is 5.32 Å². The van der Waals surface area contributed by atoms with Crippen molar-refractivity contribution in [3.63, 3.8) is 0 Å². The lowest BCUT2D eigenvalue weighted by Gasteiger charge is -2.07. The summed E-state index contributed by atoms with van der Waals surface area (Å²) in [6, 6.07) is 6.46. The Labute approximate surface area is 89.3 Å². The molecule has 0 aliphatic rings. The van der Waals surface area contributed by atoms with Gasteiger partial charge < -0.3 is 10.7 Å². The second kappa shape index (κ2) is 5.29. The maximum absolute atomic E-state index is 13.2. The number of hydrogen-bond donors (Lipinski definition) is 2. The van der Waals surface area contributed by atoms with Crippen molar-refractivity contribution in [2.45, 2.75) is 13.8 Å². The van der Waals surface area contributed by atoms with E-state index < -0.39 is 0 Å². The van der Waals surface area contributed by atoms with E-state index >= 15 is 0 Å². The Morgan fingerprint density at radius 2 is 2.07 bits per heavy atom. The lowest BCUT2D eigenvalue weighted by Crippen LogP contribution is -2.00. The smallest absolute Gasteiger partial charge is 0.146 e. The standard InChI is InChI=1S/C12H15FN2/c1-9(2)10(7-14)8-15-12-6-4-3-5-11(12)13/h3-9,14-15H,1-2H3/b10-8+,14-7?. The van der Waals surface area contributed by atoms with Crippen LogP contribution in [0.3, 0.4) is 0 Å². The number of hydrogen-bond acceptors (Lipinski definition) is 2. The van der Waals surface area contributed by atoms with E-state index in [1.54, 1.807) is 24.4 Å². The molecule has 0 bridgehead atoms. The molecule has 1 rings (SSSR count). The molecule has 3 heteroatoms. The molecule has 0 fully saturated rings. The van der Waals surface area contributed by atoms with E-state index in [4.69, 9.17) is 5.41 Å². The van der Waals surface area contributed by atoms with Gasteiger partial charge in [0.25, 0.3) is 0 Å². The highest BCUT2D eigenvalue weighted by molar-refractivity contribution is 5.77. The number of anilines is 1. The van der Waals surface area contributed by atoms with E-state index in [1.807, 2.05) is 13.8 Å². The molecule has 0 heterocycles. The topological polar surface area (TPSA) is 35.9 Å². The minimum absolute atomic E-state index is 0.252. The van der Waals surface area contributed by atoms with Gasteiger partial charge in [-0.05, 0) is 23.6 Å². The van der Waals surface area contributed by atoms with Crippen LogP contribution in [0.4, 0.5) is 10.1 Å². The molecule has 0 saturated heterocycles. The van der Waals surface area contributed by atoms with Crippen LogP contribution in [0.25, 0.3) is 0 Å². The number of benzene rings is 1. The fourth-order valence-electron chi connectivity index (χ4n) is 1.11. The number of rotatable bonds is 4. The van der Waals surface area contributed by atoms with Gasteiger partial charge in [-0.3, -0.25) is 0 Å². The zero-order valence-corrected chi connectivity index (χ0v) is 8.92. The van der Waals surface area contributed by atoms with Crippen LogP contribution >= 0.6 is 0 Å². The molecule has 0 amide bonds. The summed E-state index contributed by atoms with van der Waals surface area (Å²) >= 11 is 0. The average molecular weight is 206 g/mol. The van der Waals surface area contributed by atoms with E-state index in [0.29, 0.717) is 5.69 Å². The van der Waals surface area contributed by atoms with Crippen molar-refractivity contribution < 1.29 is 4.39 Å². The quantitative estimate of drug-likeness (QED) is 0.727.